The molecule has 1 rings (SSSR count). The SMILES string of the molecule is FC(F)CSC1CCNCC1. The van der Waals surface area contributed by atoms with E-state index >= 15 is 0 Å². The molecule has 4 heteroatoms. The van der Waals surface area contributed by atoms with Crippen LogP contribution in [0.1, 0.15) is 12.8 Å². The maximum atomic E-state index is 11.8. The molecule has 0 atom stereocenters. The minimum absolute atomic E-state index is 0.00463. The van der Waals surface area contributed by atoms with Gasteiger partial charge in [-0.2, -0.15) is 11.8 Å². The van der Waals surface area contributed by atoms with E-state index in [1.807, 2.05) is 0 Å². The van der Waals surface area contributed by atoms with Crippen molar-refractivity contribution in [1.29, 1.82) is 0 Å². The van der Waals surface area contributed by atoms with E-state index in [0.717, 1.165) is 25.9 Å². The second kappa shape index (κ2) is 4.93. The Hall–Kier alpha value is 0.170. The predicted octanol–water partition coefficient (Wildman–Crippen LogP) is 1.74. The van der Waals surface area contributed by atoms with E-state index in [-0.39, 0.29) is 5.75 Å². The van der Waals surface area contributed by atoms with Gasteiger partial charge in [-0.15, -0.1) is 0 Å². The minimum Gasteiger partial charge on any atom is -0.317 e. The molecule has 0 aromatic heterocycles. The summed E-state index contributed by atoms with van der Waals surface area (Å²) in [6, 6.07) is 0. The van der Waals surface area contributed by atoms with Crippen molar-refractivity contribution in [2.75, 3.05) is 18.8 Å². The van der Waals surface area contributed by atoms with E-state index in [4.69, 9.17) is 0 Å². The molecular formula is C7H13F2NS. The summed E-state index contributed by atoms with van der Waals surface area (Å²) >= 11 is 1.42. The highest BCUT2D eigenvalue weighted by Gasteiger charge is 2.14. The molecule has 0 aromatic rings. The Morgan fingerprint density at radius 3 is 2.55 bits per heavy atom. The molecule has 0 aliphatic carbocycles. The molecule has 1 aliphatic heterocycles. The third-order valence-electron chi connectivity index (χ3n) is 1.74. The Labute approximate surface area is 69.9 Å². The van der Waals surface area contributed by atoms with Gasteiger partial charge in [0, 0.05) is 5.25 Å². The molecule has 0 bridgehead atoms. The van der Waals surface area contributed by atoms with Crippen LogP contribution in [0.5, 0.6) is 0 Å². The van der Waals surface area contributed by atoms with E-state index in [9.17, 15) is 8.78 Å². The van der Waals surface area contributed by atoms with Gasteiger partial charge in [0.25, 0.3) is 0 Å². The molecule has 1 saturated heterocycles. The first kappa shape index (κ1) is 9.26. The summed E-state index contributed by atoms with van der Waals surface area (Å²) < 4.78 is 23.5. The number of nitrogens with one attached hydrogen (secondary N) is 1. The monoisotopic (exact) mass is 181 g/mol. The summed E-state index contributed by atoms with van der Waals surface area (Å²) in [6.45, 7) is 1.97. The molecule has 1 aliphatic rings. The number of hydrogen-bond donors (Lipinski definition) is 1. The Morgan fingerprint density at radius 2 is 2.00 bits per heavy atom. The van der Waals surface area contributed by atoms with Crippen LogP contribution in [0.4, 0.5) is 8.78 Å². The molecule has 1 heterocycles. The Balaban J connectivity index is 2.05. The molecule has 1 N–H and O–H groups in total. The summed E-state index contributed by atoms with van der Waals surface area (Å²) in [4.78, 5) is 0. The number of rotatable bonds is 3. The molecule has 66 valence electrons. The zero-order valence-corrected chi connectivity index (χ0v) is 7.17. The van der Waals surface area contributed by atoms with E-state index in [2.05, 4.69) is 5.32 Å². The molecule has 0 saturated carbocycles. The van der Waals surface area contributed by atoms with Crippen LogP contribution in [0.3, 0.4) is 0 Å². The van der Waals surface area contributed by atoms with Gasteiger partial charge >= 0.3 is 0 Å². The fraction of sp³-hybridized carbons (Fsp3) is 1.00. The number of halogens is 2. The van der Waals surface area contributed by atoms with Crippen LogP contribution in [0.15, 0.2) is 0 Å². The van der Waals surface area contributed by atoms with Gasteiger partial charge < -0.3 is 5.32 Å². The lowest BCUT2D eigenvalue weighted by Crippen LogP contribution is -2.29. The Kier molecular flexibility index (Phi) is 4.15. The number of thioether (sulfide) groups is 1. The number of alkyl halides is 2. The highest BCUT2D eigenvalue weighted by atomic mass is 32.2. The standard InChI is InChI=1S/C7H13F2NS/c8-7(9)5-11-6-1-3-10-4-2-6/h6-7,10H,1-5H2. The summed E-state index contributed by atoms with van der Waals surface area (Å²) in [6.07, 6.45) is -0.0655. The van der Waals surface area contributed by atoms with Gasteiger partial charge in [0.15, 0.2) is 0 Å². The van der Waals surface area contributed by atoms with Gasteiger partial charge in [-0.25, -0.2) is 8.78 Å². The van der Waals surface area contributed by atoms with Gasteiger partial charge in [0.05, 0.1) is 5.75 Å². The molecular weight excluding hydrogens is 168 g/mol. The van der Waals surface area contributed by atoms with Gasteiger partial charge in [0.2, 0.25) is 6.43 Å². The van der Waals surface area contributed by atoms with Crippen molar-refractivity contribution in [2.45, 2.75) is 24.5 Å². The van der Waals surface area contributed by atoms with Crippen molar-refractivity contribution in [3.8, 4) is 0 Å². The van der Waals surface area contributed by atoms with E-state index in [1.165, 1.54) is 11.8 Å². The van der Waals surface area contributed by atoms with Crippen molar-refractivity contribution in [3.05, 3.63) is 0 Å². The van der Waals surface area contributed by atoms with Crippen LogP contribution in [-0.2, 0) is 0 Å². The maximum absolute atomic E-state index is 11.8. The fourth-order valence-electron chi connectivity index (χ4n) is 1.17. The van der Waals surface area contributed by atoms with Gasteiger partial charge in [-0.3, -0.25) is 0 Å². The predicted molar refractivity (Wildman–Crippen MR) is 44.4 cm³/mol. The second-order valence-electron chi connectivity index (χ2n) is 2.67. The molecule has 1 nitrogen and oxygen atoms in total. The van der Waals surface area contributed by atoms with Crippen molar-refractivity contribution >= 4 is 11.8 Å². The summed E-state index contributed by atoms with van der Waals surface area (Å²) in [5, 5.41) is 3.66. The van der Waals surface area contributed by atoms with E-state index in [0.29, 0.717) is 5.25 Å². The average Bonchev–Trinajstić information content (AvgIpc) is 2.03. The lowest BCUT2D eigenvalue weighted by Gasteiger charge is -2.21. The average molecular weight is 181 g/mol. The van der Waals surface area contributed by atoms with Crippen molar-refractivity contribution < 1.29 is 8.78 Å². The van der Waals surface area contributed by atoms with Crippen LogP contribution >= 0.6 is 11.8 Å². The summed E-state index contributed by atoms with van der Waals surface area (Å²) in [5.74, 6) is 0.00463. The molecule has 11 heavy (non-hydrogen) atoms. The molecule has 0 radical (unpaired) electrons. The smallest absolute Gasteiger partial charge is 0.247 e. The summed E-state index contributed by atoms with van der Waals surface area (Å²) in [7, 11) is 0. The largest absolute Gasteiger partial charge is 0.317 e. The first-order valence-corrected chi connectivity index (χ1v) is 4.94. The third kappa shape index (κ3) is 3.91. The normalized spacial score (nSPS) is 21.0. The zero-order valence-electron chi connectivity index (χ0n) is 6.35. The van der Waals surface area contributed by atoms with Crippen LogP contribution in [0.2, 0.25) is 0 Å². The lowest BCUT2D eigenvalue weighted by atomic mass is 10.2. The zero-order chi connectivity index (χ0) is 8.10. The van der Waals surface area contributed by atoms with E-state index in [1.54, 1.807) is 0 Å². The number of hydrogen-bond acceptors (Lipinski definition) is 2. The topological polar surface area (TPSA) is 12.0 Å². The highest BCUT2D eigenvalue weighted by molar-refractivity contribution is 7.99. The van der Waals surface area contributed by atoms with Crippen LogP contribution in [0.25, 0.3) is 0 Å². The molecule has 0 unspecified atom stereocenters. The Bertz CT molecular complexity index is 105. The van der Waals surface area contributed by atoms with Crippen molar-refractivity contribution in [1.82, 2.24) is 5.32 Å². The minimum atomic E-state index is -2.14. The molecule has 0 spiro atoms. The van der Waals surface area contributed by atoms with Crippen molar-refractivity contribution in [3.63, 3.8) is 0 Å². The lowest BCUT2D eigenvalue weighted by molar-refractivity contribution is 0.176. The highest BCUT2D eigenvalue weighted by Crippen LogP contribution is 2.21. The summed E-state index contributed by atoms with van der Waals surface area (Å²) in [5.41, 5.74) is 0. The maximum Gasteiger partial charge on any atom is 0.247 e. The third-order valence-corrected chi connectivity index (χ3v) is 3.13. The van der Waals surface area contributed by atoms with E-state index < -0.39 is 6.43 Å². The Morgan fingerprint density at radius 1 is 1.36 bits per heavy atom. The van der Waals surface area contributed by atoms with Gasteiger partial charge in [-0.1, -0.05) is 0 Å². The molecule has 1 fully saturated rings. The van der Waals surface area contributed by atoms with Crippen molar-refractivity contribution in [2.24, 2.45) is 0 Å². The van der Waals surface area contributed by atoms with Crippen LogP contribution < -0.4 is 5.32 Å². The fourth-order valence-corrected chi connectivity index (χ4v) is 2.16. The first-order chi connectivity index (χ1) is 5.29. The first-order valence-electron chi connectivity index (χ1n) is 3.89. The van der Waals surface area contributed by atoms with Gasteiger partial charge in [-0.05, 0) is 25.9 Å². The van der Waals surface area contributed by atoms with Crippen LogP contribution in [-0.4, -0.2) is 30.5 Å². The van der Waals surface area contributed by atoms with Gasteiger partial charge in [0.1, 0.15) is 0 Å². The molecule has 0 amide bonds. The number of piperidine rings is 1. The molecule has 0 aromatic carbocycles. The quantitative estimate of drug-likeness (QED) is 0.711. The van der Waals surface area contributed by atoms with Crippen LogP contribution in [0, 0.1) is 0 Å². The second-order valence-corrected chi connectivity index (χ2v) is 4.01.